The maximum absolute atomic E-state index is 12.9. The average molecular weight is 264 g/mol. The van der Waals surface area contributed by atoms with E-state index in [0.717, 1.165) is 5.56 Å². The lowest BCUT2D eigenvalue weighted by Gasteiger charge is -1.97. The monoisotopic (exact) mass is 264 g/mol. The molecule has 1 aromatic carbocycles. The maximum atomic E-state index is 12.9. The third-order valence-electron chi connectivity index (χ3n) is 1.34. The number of benzene rings is 1. The fourth-order valence-corrected chi connectivity index (χ4v) is 1.22. The molecule has 0 spiro atoms. The van der Waals surface area contributed by atoms with Gasteiger partial charge in [-0.3, -0.25) is 4.79 Å². The highest BCUT2D eigenvalue weighted by Gasteiger charge is 2.06. The van der Waals surface area contributed by atoms with E-state index in [4.69, 9.17) is 0 Å². The van der Waals surface area contributed by atoms with E-state index in [1.807, 2.05) is 0 Å². The van der Waals surface area contributed by atoms with Crippen molar-refractivity contribution in [3.8, 4) is 0 Å². The van der Waals surface area contributed by atoms with Crippen LogP contribution < -0.4 is 0 Å². The Hall–Kier alpha value is -0.450. The van der Waals surface area contributed by atoms with E-state index in [1.54, 1.807) is 35.6 Å². The second-order valence-electron chi connectivity index (χ2n) is 2.26. The molecule has 0 radical (unpaired) electrons. The predicted octanol–water partition coefficient (Wildman–Crippen LogP) is 2.71. The number of aryl methyl sites for hydroxylation is 1. The van der Waals surface area contributed by atoms with E-state index < -0.39 is 5.82 Å². The molecule has 1 rings (SSSR count). The van der Waals surface area contributed by atoms with Crippen molar-refractivity contribution in [2.45, 2.75) is 6.92 Å². The molecule has 0 aliphatic heterocycles. The lowest BCUT2D eigenvalue weighted by Crippen LogP contribution is -1.93. The van der Waals surface area contributed by atoms with Gasteiger partial charge in [-0.05, 0) is 24.6 Å². The average Bonchev–Trinajstić information content (AvgIpc) is 1.85. The Bertz CT molecular complexity index is 296. The second kappa shape index (κ2) is 3.30. The van der Waals surface area contributed by atoms with E-state index in [1.165, 1.54) is 12.1 Å². The Labute approximate surface area is 77.8 Å². The minimum absolute atomic E-state index is 0.149. The van der Waals surface area contributed by atoms with Crippen LogP contribution in [0.3, 0.4) is 0 Å². The SMILES string of the molecule is Cc1ccc(C(=O)I)c(F)c1. The maximum Gasteiger partial charge on any atom is 0.225 e. The summed E-state index contributed by atoms with van der Waals surface area (Å²) in [5.41, 5.74) is 0.972. The van der Waals surface area contributed by atoms with Crippen LogP contribution in [0.2, 0.25) is 0 Å². The Morgan fingerprint density at radius 1 is 1.55 bits per heavy atom. The smallest absolute Gasteiger partial charge is 0.225 e. The first-order valence-electron chi connectivity index (χ1n) is 3.07. The van der Waals surface area contributed by atoms with Gasteiger partial charge < -0.3 is 0 Å². The Morgan fingerprint density at radius 3 is 2.64 bits per heavy atom. The highest BCUT2D eigenvalue weighted by Crippen LogP contribution is 2.12. The quantitative estimate of drug-likeness (QED) is 0.563. The van der Waals surface area contributed by atoms with Crippen LogP contribution in [0.5, 0.6) is 0 Å². The number of rotatable bonds is 1. The van der Waals surface area contributed by atoms with Gasteiger partial charge in [0, 0.05) is 22.6 Å². The molecule has 0 bridgehead atoms. The predicted molar refractivity (Wildman–Crippen MR) is 49.5 cm³/mol. The van der Waals surface area contributed by atoms with Crippen LogP contribution in [0, 0.1) is 12.7 Å². The van der Waals surface area contributed by atoms with Crippen molar-refractivity contribution in [2.75, 3.05) is 0 Å². The van der Waals surface area contributed by atoms with Crippen LogP contribution in [-0.2, 0) is 0 Å². The van der Waals surface area contributed by atoms with Crippen molar-refractivity contribution in [1.29, 1.82) is 0 Å². The molecule has 58 valence electrons. The van der Waals surface area contributed by atoms with Crippen molar-refractivity contribution in [3.05, 3.63) is 35.1 Å². The van der Waals surface area contributed by atoms with Crippen molar-refractivity contribution < 1.29 is 9.18 Å². The van der Waals surface area contributed by atoms with Gasteiger partial charge in [0.25, 0.3) is 0 Å². The van der Waals surface area contributed by atoms with E-state index >= 15 is 0 Å². The minimum atomic E-state index is -0.440. The van der Waals surface area contributed by atoms with Gasteiger partial charge in [-0.1, -0.05) is 6.07 Å². The van der Waals surface area contributed by atoms with Crippen molar-refractivity contribution in [2.24, 2.45) is 0 Å². The van der Waals surface area contributed by atoms with Gasteiger partial charge in [-0.25, -0.2) is 4.39 Å². The molecule has 0 aliphatic carbocycles. The molecule has 0 amide bonds. The topological polar surface area (TPSA) is 17.1 Å². The standard InChI is InChI=1S/C8H6FIO/c1-5-2-3-6(8(10)11)7(9)4-5/h2-4H,1H3. The van der Waals surface area contributed by atoms with Gasteiger partial charge in [-0.2, -0.15) is 0 Å². The first-order valence-corrected chi connectivity index (χ1v) is 4.15. The number of halogens is 2. The fraction of sp³-hybridized carbons (Fsp3) is 0.125. The van der Waals surface area contributed by atoms with Crippen LogP contribution in [0.25, 0.3) is 0 Å². The van der Waals surface area contributed by atoms with Gasteiger partial charge >= 0.3 is 0 Å². The number of carbonyl (C=O) groups excluding carboxylic acids is 1. The summed E-state index contributed by atoms with van der Waals surface area (Å²) < 4.78 is 12.6. The van der Waals surface area contributed by atoms with E-state index in [-0.39, 0.29) is 9.35 Å². The molecule has 0 N–H and O–H groups in total. The lowest BCUT2D eigenvalue weighted by molar-refractivity contribution is 0.110. The molecular weight excluding hydrogens is 258 g/mol. The normalized spacial score (nSPS) is 9.73. The summed E-state index contributed by atoms with van der Waals surface area (Å²) >= 11 is 1.57. The van der Waals surface area contributed by atoms with E-state index in [0.29, 0.717) is 0 Å². The molecule has 0 heterocycles. The zero-order valence-corrected chi connectivity index (χ0v) is 8.05. The van der Waals surface area contributed by atoms with Crippen LogP contribution >= 0.6 is 22.6 Å². The van der Waals surface area contributed by atoms with Gasteiger partial charge in [0.05, 0.1) is 5.56 Å². The number of hydrogen-bond acceptors (Lipinski definition) is 1. The summed E-state index contributed by atoms with van der Waals surface area (Å²) in [6.07, 6.45) is 0. The minimum Gasteiger partial charge on any atom is -0.282 e. The lowest BCUT2D eigenvalue weighted by atomic mass is 10.1. The van der Waals surface area contributed by atoms with Crippen LogP contribution in [0.1, 0.15) is 15.9 Å². The van der Waals surface area contributed by atoms with Gasteiger partial charge in [0.1, 0.15) is 5.82 Å². The summed E-state index contributed by atoms with van der Waals surface area (Å²) in [5.74, 6) is -0.440. The number of hydrogen-bond donors (Lipinski definition) is 0. The molecule has 0 unspecified atom stereocenters. The summed E-state index contributed by atoms with van der Waals surface area (Å²) in [5, 5.41) is 0. The molecule has 0 saturated heterocycles. The highest BCUT2D eigenvalue weighted by atomic mass is 127. The van der Waals surface area contributed by atoms with Crippen LogP contribution in [0.4, 0.5) is 4.39 Å². The molecule has 0 aromatic heterocycles. The highest BCUT2D eigenvalue weighted by molar-refractivity contribution is 14.1. The summed E-state index contributed by atoms with van der Waals surface area (Å²) in [6, 6.07) is 4.57. The van der Waals surface area contributed by atoms with Gasteiger partial charge in [-0.15, -0.1) is 0 Å². The largest absolute Gasteiger partial charge is 0.282 e. The first kappa shape index (κ1) is 8.64. The zero-order chi connectivity index (χ0) is 8.43. The molecule has 0 aliphatic rings. The third kappa shape index (κ3) is 1.99. The molecular formula is C8H6FIO. The van der Waals surface area contributed by atoms with E-state index in [2.05, 4.69) is 0 Å². The van der Waals surface area contributed by atoms with Crippen LogP contribution in [-0.4, -0.2) is 3.79 Å². The van der Waals surface area contributed by atoms with Gasteiger partial charge in [0.2, 0.25) is 3.79 Å². The fourth-order valence-electron chi connectivity index (χ4n) is 0.780. The second-order valence-corrected chi connectivity index (χ2v) is 3.24. The molecule has 1 nitrogen and oxygen atoms in total. The summed E-state index contributed by atoms with van der Waals surface area (Å²) in [6.45, 7) is 1.78. The molecule has 0 saturated carbocycles. The molecule has 0 atom stereocenters. The summed E-state index contributed by atoms with van der Waals surface area (Å²) in [7, 11) is 0. The van der Waals surface area contributed by atoms with Gasteiger partial charge in [0.15, 0.2) is 0 Å². The summed E-state index contributed by atoms with van der Waals surface area (Å²) in [4.78, 5) is 10.7. The Kier molecular flexibility index (Phi) is 2.59. The molecule has 3 heteroatoms. The van der Waals surface area contributed by atoms with Crippen molar-refractivity contribution >= 4 is 26.4 Å². The zero-order valence-electron chi connectivity index (χ0n) is 5.90. The Balaban J connectivity index is 3.20. The Morgan fingerprint density at radius 2 is 2.18 bits per heavy atom. The van der Waals surface area contributed by atoms with Crippen LogP contribution in [0.15, 0.2) is 18.2 Å². The van der Waals surface area contributed by atoms with Crippen molar-refractivity contribution in [1.82, 2.24) is 0 Å². The first-order chi connectivity index (χ1) is 5.11. The third-order valence-corrected chi connectivity index (χ3v) is 1.92. The van der Waals surface area contributed by atoms with E-state index in [9.17, 15) is 9.18 Å². The number of carbonyl (C=O) groups is 1. The molecule has 11 heavy (non-hydrogen) atoms. The molecule has 0 fully saturated rings. The molecule has 1 aromatic rings. The van der Waals surface area contributed by atoms with Crippen molar-refractivity contribution in [3.63, 3.8) is 0 Å².